The number of aromatic nitrogens is 1. The fourth-order valence-electron chi connectivity index (χ4n) is 1.84. The highest BCUT2D eigenvalue weighted by Crippen LogP contribution is 2.26. The Kier molecular flexibility index (Phi) is 6.14. The van der Waals surface area contributed by atoms with E-state index in [1.54, 1.807) is 6.07 Å². The van der Waals surface area contributed by atoms with Gasteiger partial charge in [0.2, 0.25) is 0 Å². The van der Waals surface area contributed by atoms with Crippen molar-refractivity contribution < 1.29 is 9.13 Å². The minimum Gasteiger partial charge on any atom is -0.486 e. The zero-order valence-electron chi connectivity index (χ0n) is 11.9. The number of rotatable bonds is 7. The fraction of sp³-hybridized carbons (Fsp3) is 0.312. The second-order valence-electron chi connectivity index (χ2n) is 4.66. The molecule has 0 aliphatic carbocycles. The lowest BCUT2D eigenvalue weighted by atomic mass is 10.3. The van der Waals surface area contributed by atoms with Crippen LogP contribution in [-0.4, -0.2) is 11.5 Å². The van der Waals surface area contributed by atoms with Crippen LogP contribution in [0.3, 0.4) is 0 Å². The van der Waals surface area contributed by atoms with Crippen LogP contribution in [0.1, 0.15) is 24.7 Å². The molecule has 0 fully saturated rings. The molecule has 21 heavy (non-hydrogen) atoms. The second-order valence-corrected chi connectivity index (χ2v) is 5.51. The monoisotopic (exact) mass is 352 g/mol. The van der Waals surface area contributed by atoms with Gasteiger partial charge in [0.15, 0.2) is 0 Å². The van der Waals surface area contributed by atoms with Crippen molar-refractivity contribution in [2.45, 2.75) is 26.5 Å². The molecule has 112 valence electrons. The SMILES string of the molecule is CCCNCc1cccc(COc2cc(F)ccc2Br)n1. The first-order valence-corrected chi connectivity index (χ1v) is 7.71. The molecule has 1 N–H and O–H groups in total. The number of benzene rings is 1. The third-order valence-corrected chi connectivity index (χ3v) is 3.52. The van der Waals surface area contributed by atoms with Crippen LogP contribution in [0.5, 0.6) is 5.75 Å². The molecule has 0 spiro atoms. The van der Waals surface area contributed by atoms with Gasteiger partial charge in [0.25, 0.3) is 0 Å². The van der Waals surface area contributed by atoms with Gasteiger partial charge in [-0.15, -0.1) is 0 Å². The molecule has 0 unspecified atom stereocenters. The van der Waals surface area contributed by atoms with Crippen LogP contribution >= 0.6 is 15.9 Å². The molecule has 0 saturated heterocycles. The molecule has 0 radical (unpaired) electrons. The van der Waals surface area contributed by atoms with E-state index in [0.29, 0.717) is 12.4 Å². The Bertz CT molecular complexity index is 592. The third-order valence-electron chi connectivity index (χ3n) is 2.87. The van der Waals surface area contributed by atoms with E-state index in [2.05, 4.69) is 33.2 Å². The van der Waals surface area contributed by atoms with Gasteiger partial charge in [0, 0.05) is 12.6 Å². The molecule has 0 bridgehead atoms. The topological polar surface area (TPSA) is 34.1 Å². The van der Waals surface area contributed by atoms with E-state index < -0.39 is 0 Å². The Morgan fingerprint density at radius 1 is 1.24 bits per heavy atom. The summed E-state index contributed by atoms with van der Waals surface area (Å²) < 4.78 is 19.5. The van der Waals surface area contributed by atoms with E-state index in [-0.39, 0.29) is 5.82 Å². The van der Waals surface area contributed by atoms with Gasteiger partial charge in [-0.3, -0.25) is 4.98 Å². The van der Waals surface area contributed by atoms with E-state index in [0.717, 1.165) is 35.4 Å². The van der Waals surface area contributed by atoms with Crippen LogP contribution in [0.25, 0.3) is 0 Å². The standard InChI is InChI=1S/C16H18BrFN2O/c1-2-8-19-10-13-4-3-5-14(20-13)11-21-16-9-12(18)6-7-15(16)17/h3-7,9,19H,2,8,10-11H2,1H3. The number of halogens is 2. The highest BCUT2D eigenvalue weighted by Gasteiger charge is 2.04. The van der Waals surface area contributed by atoms with Gasteiger partial charge in [-0.25, -0.2) is 4.39 Å². The maximum Gasteiger partial charge on any atom is 0.136 e. The van der Waals surface area contributed by atoms with Crippen LogP contribution in [-0.2, 0) is 13.2 Å². The van der Waals surface area contributed by atoms with Gasteiger partial charge in [0.1, 0.15) is 18.2 Å². The van der Waals surface area contributed by atoms with Crippen LogP contribution in [0.2, 0.25) is 0 Å². The number of nitrogens with one attached hydrogen (secondary N) is 1. The van der Waals surface area contributed by atoms with Crippen molar-refractivity contribution in [1.82, 2.24) is 10.3 Å². The minimum atomic E-state index is -0.321. The highest BCUT2D eigenvalue weighted by atomic mass is 79.9. The summed E-state index contributed by atoms with van der Waals surface area (Å²) in [4.78, 5) is 4.52. The van der Waals surface area contributed by atoms with Gasteiger partial charge < -0.3 is 10.1 Å². The molecule has 0 atom stereocenters. The molecule has 2 rings (SSSR count). The van der Waals surface area contributed by atoms with Crippen molar-refractivity contribution in [3.8, 4) is 5.75 Å². The average Bonchev–Trinajstić information content (AvgIpc) is 2.49. The van der Waals surface area contributed by atoms with Crippen molar-refractivity contribution in [2.75, 3.05) is 6.54 Å². The molecule has 0 aliphatic heterocycles. The van der Waals surface area contributed by atoms with Crippen LogP contribution in [0.15, 0.2) is 40.9 Å². The number of pyridine rings is 1. The van der Waals surface area contributed by atoms with Gasteiger partial charge in [-0.2, -0.15) is 0 Å². The van der Waals surface area contributed by atoms with Gasteiger partial charge in [-0.05, 0) is 53.2 Å². The summed E-state index contributed by atoms with van der Waals surface area (Å²) in [6.07, 6.45) is 1.09. The molecular weight excluding hydrogens is 335 g/mol. The number of hydrogen-bond donors (Lipinski definition) is 1. The Labute approximate surface area is 132 Å². The Morgan fingerprint density at radius 2 is 2.05 bits per heavy atom. The van der Waals surface area contributed by atoms with Crippen LogP contribution < -0.4 is 10.1 Å². The number of ether oxygens (including phenoxy) is 1. The normalized spacial score (nSPS) is 10.6. The summed E-state index contributed by atoms with van der Waals surface area (Å²) >= 11 is 3.34. The minimum absolute atomic E-state index is 0.309. The largest absolute Gasteiger partial charge is 0.486 e. The molecule has 1 aromatic carbocycles. The quantitative estimate of drug-likeness (QED) is 0.763. The zero-order valence-corrected chi connectivity index (χ0v) is 13.5. The molecule has 1 aromatic heterocycles. The van der Waals surface area contributed by atoms with E-state index in [1.165, 1.54) is 12.1 Å². The lowest BCUT2D eigenvalue weighted by molar-refractivity contribution is 0.297. The summed E-state index contributed by atoms with van der Waals surface area (Å²) in [5, 5.41) is 3.31. The van der Waals surface area contributed by atoms with E-state index >= 15 is 0 Å². The van der Waals surface area contributed by atoms with E-state index in [4.69, 9.17) is 4.74 Å². The van der Waals surface area contributed by atoms with Crippen molar-refractivity contribution in [3.63, 3.8) is 0 Å². The first-order valence-electron chi connectivity index (χ1n) is 6.92. The molecule has 5 heteroatoms. The van der Waals surface area contributed by atoms with Gasteiger partial charge >= 0.3 is 0 Å². The third kappa shape index (κ3) is 5.10. The molecule has 3 nitrogen and oxygen atoms in total. The molecule has 0 saturated carbocycles. The molecular formula is C16H18BrFN2O. The molecule has 0 amide bonds. The number of nitrogens with zero attached hydrogens (tertiary/aromatic N) is 1. The first kappa shape index (κ1) is 15.9. The lowest BCUT2D eigenvalue weighted by Gasteiger charge is -2.09. The van der Waals surface area contributed by atoms with Crippen molar-refractivity contribution in [2.24, 2.45) is 0 Å². The number of hydrogen-bond acceptors (Lipinski definition) is 3. The predicted octanol–water partition coefficient (Wildman–Crippen LogP) is 4.06. The molecule has 0 aliphatic rings. The summed E-state index contributed by atoms with van der Waals surface area (Å²) in [6.45, 7) is 4.15. The molecule has 1 heterocycles. The summed E-state index contributed by atoms with van der Waals surface area (Å²) in [5.41, 5.74) is 1.80. The van der Waals surface area contributed by atoms with E-state index in [9.17, 15) is 4.39 Å². The maximum atomic E-state index is 13.2. The summed E-state index contributed by atoms with van der Waals surface area (Å²) in [6, 6.07) is 10.2. The zero-order chi connectivity index (χ0) is 15.1. The predicted molar refractivity (Wildman–Crippen MR) is 84.7 cm³/mol. The summed E-state index contributed by atoms with van der Waals surface area (Å²) in [5.74, 6) is 0.157. The Hall–Kier alpha value is -1.46. The smallest absolute Gasteiger partial charge is 0.136 e. The van der Waals surface area contributed by atoms with Gasteiger partial charge in [-0.1, -0.05) is 13.0 Å². The second kappa shape index (κ2) is 8.10. The lowest BCUT2D eigenvalue weighted by Crippen LogP contribution is -2.15. The Morgan fingerprint density at radius 3 is 2.86 bits per heavy atom. The summed E-state index contributed by atoms with van der Waals surface area (Å²) in [7, 11) is 0. The van der Waals surface area contributed by atoms with Gasteiger partial charge in [0.05, 0.1) is 15.9 Å². The average molecular weight is 353 g/mol. The van der Waals surface area contributed by atoms with Crippen molar-refractivity contribution in [3.05, 3.63) is 58.1 Å². The Balaban J connectivity index is 1.96. The molecule has 2 aromatic rings. The van der Waals surface area contributed by atoms with Crippen molar-refractivity contribution >= 4 is 15.9 Å². The van der Waals surface area contributed by atoms with Crippen molar-refractivity contribution in [1.29, 1.82) is 0 Å². The maximum absolute atomic E-state index is 13.2. The first-order chi connectivity index (χ1) is 10.2. The highest BCUT2D eigenvalue weighted by molar-refractivity contribution is 9.10. The van der Waals surface area contributed by atoms with E-state index in [1.807, 2.05) is 18.2 Å². The van der Waals surface area contributed by atoms with Crippen LogP contribution in [0, 0.1) is 5.82 Å². The van der Waals surface area contributed by atoms with Crippen LogP contribution in [0.4, 0.5) is 4.39 Å². The fourth-order valence-corrected chi connectivity index (χ4v) is 2.20.